The minimum Gasteiger partial charge on any atom is -0.370 e. The lowest BCUT2D eigenvalue weighted by Gasteiger charge is -2.08. The van der Waals surface area contributed by atoms with Gasteiger partial charge in [-0.2, -0.15) is 5.26 Å². The summed E-state index contributed by atoms with van der Waals surface area (Å²) in [6.07, 6.45) is 0.916. The number of anilines is 1. The highest BCUT2D eigenvalue weighted by atomic mass is 35.5. The van der Waals surface area contributed by atoms with E-state index in [1.165, 1.54) is 11.1 Å². The first-order valence-electron chi connectivity index (χ1n) is 6.05. The van der Waals surface area contributed by atoms with Crippen LogP contribution in [-0.2, 0) is 6.42 Å². The molecule has 0 bridgehead atoms. The van der Waals surface area contributed by atoms with Crippen LogP contribution < -0.4 is 5.32 Å². The van der Waals surface area contributed by atoms with E-state index in [1.54, 1.807) is 12.1 Å². The van der Waals surface area contributed by atoms with Crippen molar-refractivity contribution in [1.82, 2.24) is 4.98 Å². The minimum atomic E-state index is 0.252. The van der Waals surface area contributed by atoms with Crippen molar-refractivity contribution in [1.29, 1.82) is 5.26 Å². The molecule has 1 aromatic carbocycles. The first-order chi connectivity index (χ1) is 9.20. The Kier molecular flexibility index (Phi) is 4.38. The van der Waals surface area contributed by atoms with Crippen LogP contribution in [0.15, 0.2) is 36.4 Å². The summed E-state index contributed by atoms with van der Waals surface area (Å²) in [6.45, 7) is 2.87. The molecule has 1 aromatic heterocycles. The van der Waals surface area contributed by atoms with Gasteiger partial charge in [-0.3, -0.25) is 0 Å². The molecule has 0 atom stereocenters. The monoisotopic (exact) mass is 271 g/mol. The number of nitriles is 1. The van der Waals surface area contributed by atoms with E-state index in [1.807, 2.05) is 18.2 Å². The number of nitrogens with zero attached hydrogens (tertiary/aromatic N) is 2. The second-order valence-corrected chi connectivity index (χ2v) is 4.65. The summed E-state index contributed by atoms with van der Waals surface area (Å²) < 4.78 is 0. The van der Waals surface area contributed by atoms with E-state index in [-0.39, 0.29) is 5.69 Å². The Bertz CT molecular complexity index is 617. The fourth-order valence-electron chi connectivity index (χ4n) is 1.83. The molecule has 96 valence electrons. The average molecular weight is 272 g/mol. The van der Waals surface area contributed by atoms with Gasteiger partial charge in [0, 0.05) is 6.54 Å². The van der Waals surface area contributed by atoms with Crippen molar-refractivity contribution < 1.29 is 0 Å². The quantitative estimate of drug-likeness (QED) is 0.925. The Morgan fingerprint density at radius 1 is 1.26 bits per heavy atom. The van der Waals surface area contributed by atoms with E-state index in [0.717, 1.165) is 13.0 Å². The zero-order valence-electron chi connectivity index (χ0n) is 10.7. The minimum absolute atomic E-state index is 0.252. The van der Waals surface area contributed by atoms with Crippen molar-refractivity contribution in [3.8, 4) is 6.07 Å². The molecule has 0 spiro atoms. The zero-order chi connectivity index (χ0) is 13.7. The van der Waals surface area contributed by atoms with Gasteiger partial charge in [-0.05, 0) is 36.6 Å². The van der Waals surface area contributed by atoms with Crippen molar-refractivity contribution in [2.45, 2.75) is 13.3 Å². The number of rotatable bonds is 4. The average Bonchev–Trinajstić information content (AvgIpc) is 2.43. The third-order valence-electron chi connectivity index (χ3n) is 2.91. The molecule has 2 aromatic rings. The second kappa shape index (κ2) is 6.21. The topological polar surface area (TPSA) is 48.7 Å². The molecule has 0 fully saturated rings. The number of aromatic nitrogens is 1. The lowest BCUT2D eigenvalue weighted by molar-refractivity contribution is 0.992. The van der Waals surface area contributed by atoms with E-state index in [9.17, 15) is 0 Å². The molecule has 1 heterocycles. The SMILES string of the molecule is Cc1ccccc1CCNc1ccc(Cl)c(C#N)n1. The van der Waals surface area contributed by atoms with Gasteiger partial charge in [0.25, 0.3) is 0 Å². The Morgan fingerprint density at radius 2 is 2.05 bits per heavy atom. The molecule has 3 nitrogen and oxygen atoms in total. The lowest BCUT2D eigenvalue weighted by atomic mass is 10.1. The van der Waals surface area contributed by atoms with Crippen LogP contribution >= 0.6 is 11.6 Å². The molecule has 0 aliphatic carbocycles. The van der Waals surface area contributed by atoms with Gasteiger partial charge in [0.1, 0.15) is 11.9 Å². The molecule has 0 saturated heterocycles. The standard InChI is InChI=1S/C15H14ClN3/c1-11-4-2-3-5-12(11)8-9-18-15-7-6-13(16)14(10-17)19-15/h2-7H,8-9H2,1H3,(H,18,19). The van der Waals surface area contributed by atoms with Gasteiger partial charge in [0.05, 0.1) is 5.02 Å². The highest BCUT2D eigenvalue weighted by Crippen LogP contribution is 2.15. The van der Waals surface area contributed by atoms with Crippen LogP contribution in [0, 0.1) is 18.3 Å². The number of nitrogens with one attached hydrogen (secondary N) is 1. The molecule has 0 aliphatic rings. The number of pyridine rings is 1. The van der Waals surface area contributed by atoms with Crippen LogP contribution in [0.2, 0.25) is 5.02 Å². The second-order valence-electron chi connectivity index (χ2n) is 4.24. The van der Waals surface area contributed by atoms with Crippen LogP contribution in [0.25, 0.3) is 0 Å². The fourth-order valence-corrected chi connectivity index (χ4v) is 1.98. The van der Waals surface area contributed by atoms with E-state index in [4.69, 9.17) is 16.9 Å². The van der Waals surface area contributed by atoms with Gasteiger partial charge >= 0.3 is 0 Å². The fraction of sp³-hybridized carbons (Fsp3) is 0.200. The normalized spacial score (nSPS) is 9.95. The smallest absolute Gasteiger partial charge is 0.161 e. The maximum atomic E-state index is 8.86. The van der Waals surface area contributed by atoms with Gasteiger partial charge in [-0.25, -0.2) is 4.98 Å². The molecule has 4 heteroatoms. The molecule has 2 rings (SSSR count). The summed E-state index contributed by atoms with van der Waals surface area (Å²) in [5.41, 5.74) is 2.85. The molecule has 0 aliphatic heterocycles. The molecular formula is C15H14ClN3. The Balaban J connectivity index is 1.97. The van der Waals surface area contributed by atoms with Crippen LogP contribution in [-0.4, -0.2) is 11.5 Å². The van der Waals surface area contributed by atoms with Crippen molar-refractivity contribution >= 4 is 17.4 Å². The third kappa shape index (κ3) is 3.46. The van der Waals surface area contributed by atoms with E-state index in [2.05, 4.69) is 29.4 Å². The Morgan fingerprint density at radius 3 is 2.79 bits per heavy atom. The number of hydrogen-bond acceptors (Lipinski definition) is 3. The number of aryl methyl sites for hydroxylation is 1. The largest absolute Gasteiger partial charge is 0.370 e. The summed E-state index contributed by atoms with van der Waals surface area (Å²) in [5, 5.41) is 12.4. The van der Waals surface area contributed by atoms with Crippen LogP contribution in [0.3, 0.4) is 0 Å². The summed E-state index contributed by atoms with van der Waals surface area (Å²) in [4.78, 5) is 4.14. The molecule has 19 heavy (non-hydrogen) atoms. The molecular weight excluding hydrogens is 258 g/mol. The molecule has 0 unspecified atom stereocenters. The molecule has 0 radical (unpaired) electrons. The van der Waals surface area contributed by atoms with Gasteiger partial charge in [-0.1, -0.05) is 35.9 Å². The van der Waals surface area contributed by atoms with Gasteiger partial charge in [0.2, 0.25) is 0 Å². The maximum absolute atomic E-state index is 8.86. The summed E-state index contributed by atoms with van der Waals surface area (Å²) in [6, 6.07) is 13.7. The Hall–Kier alpha value is -2.05. The number of halogens is 1. The highest BCUT2D eigenvalue weighted by Gasteiger charge is 2.03. The van der Waals surface area contributed by atoms with Crippen molar-refractivity contribution in [2.75, 3.05) is 11.9 Å². The third-order valence-corrected chi connectivity index (χ3v) is 3.22. The highest BCUT2D eigenvalue weighted by molar-refractivity contribution is 6.31. The number of hydrogen-bond donors (Lipinski definition) is 1. The van der Waals surface area contributed by atoms with E-state index < -0.39 is 0 Å². The van der Waals surface area contributed by atoms with Crippen LogP contribution in [0.1, 0.15) is 16.8 Å². The zero-order valence-corrected chi connectivity index (χ0v) is 11.4. The van der Waals surface area contributed by atoms with Gasteiger partial charge in [0.15, 0.2) is 5.69 Å². The number of benzene rings is 1. The van der Waals surface area contributed by atoms with Crippen LogP contribution in [0.4, 0.5) is 5.82 Å². The Labute approximate surface area is 117 Å². The van der Waals surface area contributed by atoms with Gasteiger partial charge < -0.3 is 5.32 Å². The van der Waals surface area contributed by atoms with Crippen molar-refractivity contribution in [2.24, 2.45) is 0 Å². The summed E-state index contributed by atoms with van der Waals surface area (Å²) in [5.74, 6) is 0.675. The van der Waals surface area contributed by atoms with Crippen LogP contribution in [0.5, 0.6) is 0 Å². The lowest BCUT2D eigenvalue weighted by Crippen LogP contribution is -2.07. The summed E-state index contributed by atoms with van der Waals surface area (Å²) in [7, 11) is 0. The van der Waals surface area contributed by atoms with E-state index >= 15 is 0 Å². The molecule has 0 amide bonds. The predicted octanol–water partition coefficient (Wildman–Crippen LogP) is 3.57. The summed E-state index contributed by atoms with van der Waals surface area (Å²) >= 11 is 5.83. The predicted molar refractivity (Wildman–Crippen MR) is 77.3 cm³/mol. The molecule has 0 saturated carbocycles. The first-order valence-corrected chi connectivity index (χ1v) is 6.43. The first kappa shape index (κ1) is 13.4. The van der Waals surface area contributed by atoms with Crippen molar-refractivity contribution in [3.63, 3.8) is 0 Å². The van der Waals surface area contributed by atoms with E-state index in [0.29, 0.717) is 10.8 Å². The maximum Gasteiger partial charge on any atom is 0.161 e. The van der Waals surface area contributed by atoms with Crippen molar-refractivity contribution in [3.05, 3.63) is 58.2 Å². The van der Waals surface area contributed by atoms with Gasteiger partial charge in [-0.15, -0.1) is 0 Å². The molecule has 1 N–H and O–H groups in total.